The third-order valence-corrected chi connectivity index (χ3v) is 18.2. The fraction of sp³-hybridized carbons (Fsp3) is 0.299. The fourth-order valence-corrected chi connectivity index (χ4v) is 13.4. The minimum atomic E-state index is -2.44. The lowest BCUT2D eigenvalue weighted by molar-refractivity contribution is 0.521. The van der Waals surface area contributed by atoms with Crippen molar-refractivity contribution in [3.05, 3.63) is 238 Å². The maximum Gasteiger partial charge on any atom is 0.252 e. The highest BCUT2D eigenvalue weighted by molar-refractivity contribution is 7.00. The lowest BCUT2D eigenvalue weighted by atomic mass is 9.33. The van der Waals surface area contributed by atoms with Crippen LogP contribution < -0.4 is 31.1 Å². The second-order valence-electron chi connectivity index (χ2n) is 28.6. The van der Waals surface area contributed by atoms with E-state index in [4.69, 9.17) is 0 Å². The van der Waals surface area contributed by atoms with Crippen LogP contribution >= 0.6 is 0 Å². The van der Waals surface area contributed by atoms with E-state index in [0.29, 0.717) is 5.56 Å². The van der Waals surface area contributed by atoms with Gasteiger partial charge in [0.1, 0.15) is 0 Å². The van der Waals surface area contributed by atoms with E-state index in [0.717, 1.165) is 73.2 Å². The number of hydrogen-bond acceptors (Lipinski definition) is 3. The molecule has 0 unspecified atom stereocenters. The van der Waals surface area contributed by atoms with Gasteiger partial charge in [0.2, 0.25) is 0 Å². The van der Waals surface area contributed by atoms with Crippen LogP contribution in [0.2, 0.25) is 0 Å². The molecule has 0 N–H and O–H groups in total. The van der Waals surface area contributed by atoms with Gasteiger partial charge in [-0.1, -0.05) is 214 Å². The summed E-state index contributed by atoms with van der Waals surface area (Å²) in [6.07, 6.45) is 0. The Morgan fingerprint density at radius 3 is 1.35 bits per heavy atom. The van der Waals surface area contributed by atoms with Crippen LogP contribution in [0.15, 0.2) is 188 Å². The quantitative estimate of drug-likeness (QED) is 0.154. The Morgan fingerprint density at radius 1 is 0.383 bits per heavy atom. The second-order valence-corrected chi connectivity index (χ2v) is 28.6. The van der Waals surface area contributed by atoms with Crippen LogP contribution in [0, 0.1) is 6.85 Å². The number of anilines is 9. The first-order valence-corrected chi connectivity index (χ1v) is 29.4. The molecule has 0 saturated heterocycles. The third kappa shape index (κ3) is 9.04. The van der Waals surface area contributed by atoms with Crippen molar-refractivity contribution in [2.75, 3.05) is 14.7 Å². The Kier molecular flexibility index (Phi) is 11.7. The van der Waals surface area contributed by atoms with E-state index >= 15 is 0 Å². The molecule has 0 spiro atoms. The molecule has 0 bridgehead atoms. The average molecular weight is 1060 g/mol. The zero-order chi connectivity index (χ0) is 60.0. The van der Waals surface area contributed by atoms with Gasteiger partial charge in [-0.2, -0.15) is 0 Å². The van der Waals surface area contributed by atoms with Gasteiger partial charge in [-0.3, -0.25) is 0 Å². The summed E-state index contributed by atoms with van der Waals surface area (Å²) in [5.74, 6) is 0. The zero-order valence-electron chi connectivity index (χ0n) is 53.8. The number of benzene rings is 9. The molecule has 0 saturated carbocycles. The van der Waals surface area contributed by atoms with Gasteiger partial charge in [0.15, 0.2) is 0 Å². The Bertz CT molecular complexity index is 3970. The summed E-state index contributed by atoms with van der Waals surface area (Å²) >= 11 is 0. The van der Waals surface area contributed by atoms with E-state index in [9.17, 15) is 4.11 Å². The van der Waals surface area contributed by atoms with Crippen molar-refractivity contribution >= 4 is 74.3 Å². The molecule has 1 aliphatic carbocycles. The molecule has 2 heterocycles. The molecule has 9 aromatic rings. The number of nitrogens with zero attached hydrogens (tertiary/aromatic N) is 3. The standard InChI is InChI=1S/C77H82BN3/c1-49-43-69-71-70(44-49)81(66-41-33-54(75(11,12)13)45-59(66)50-23-19-18-20-24-50)68-48-63-62(76(14,15)60-25-21-22-26-61(60)77(63,16)17)47-65(68)78(71)64-46-58(40-42-67(64)80(69)57-38-31-53(32-39-57)74(8,9)10)79(55-34-27-51(28-35-55)72(2,3)4)56-36-29-52(30-37-56)73(5,6)7/h18-48H,1-17H3/i1D3. The number of fused-ring (bicyclic) bond motifs is 6. The van der Waals surface area contributed by atoms with Crippen molar-refractivity contribution in [2.45, 2.75) is 150 Å². The smallest absolute Gasteiger partial charge is 0.252 e. The van der Waals surface area contributed by atoms with E-state index in [2.05, 4.69) is 301 Å². The minimum absolute atomic E-state index is 0.0214. The van der Waals surface area contributed by atoms with Gasteiger partial charge in [0.25, 0.3) is 6.71 Å². The van der Waals surface area contributed by atoms with Crippen LogP contribution in [0.5, 0.6) is 0 Å². The average Bonchev–Trinajstić information content (AvgIpc) is 0.696. The maximum absolute atomic E-state index is 9.35. The van der Waals surface area contributed by atoms with Gasteiger partial charge in [0.05, 0.1) is 5.69 Å². The number of rotatable bonds is 6. The normalized spacial score (nSPS) is 15.8. The summed E-state index contributed by atoms with van der Waals surface area (Å²) in [4.78, 5) is 7.24. The van der Waals surface area contributed by atoms with Gasteiger partial charge in [-0.15, -0.1) is 0 Å². The Balaban J connectivity index is 1.22. The molecule has 408 valence electrons. The molecular formula is C77H82BN3. The highest BCUT2D eigenvalue weighted by atomic mass is 15.2. The third-order valence-electron chi connectivity index (χ3n) is 18.2. The SMILES string of the molecule is [2H]C([2H])([2H])c1cc2c3c(c1)N(c1ccc(C(C)(C)C)cc1-c1ccccc1)c1cc4c(cc1B3c1cc(N(c3ccc(C(C)(C)C)cc3)c3ccc(C(C)(C)C)cc3)ccc1N2c1ccc(C(C)(C)C)cc1)C(C)(C)c1ccccc1C4(C)C. The van der Waals surface area contributed by atoms with E-state index in [1.807, 2.05) is 12.1 Å². The number of hydrogen-bond donors (Lipinski definition) is 0. The fourth-order valence-electron chi connectivity index (χ4n) is 13.4. The largest absolute Gasteiger partial charge is 0.311 e. The molecule has 81 heavy (non-hydrogen) atoms. The van der Waals surface area contributed by atoms with Crippen LogP contribution in [0.3, 0.4) is 0 Å². The molecule has 9 aromatic carbocycles. The van der Waals surface area contributed by atoms with E-state index < -0.39 is 6.85 Å². The van der Waals surface area contributed by atoms with Crippen molar-refractivity contribution in [3.63, 3.8) is 0 Å². The van der Waals surface area contributed by atoms with Gasteiger partial charge < -0.3 is 14.7 Å². The van der Waals surface area contributed by atoms with Crippen molar-refractivity contribution in [1.82, 2.24) is 0 Å². The summed E-state index contributed by atoms with van der Waals surface area (Å²) < 4.78 is 28.0. The highest BCUT2D eigenvalue weighted by Crippen LogP contribution is 2.54. The van der Waals surface area contributed by atoms with E-state index in [-0.39, 0.29) is 39.2 Å². The molecule has 2 aliphatic heterocycles. The van der Waals surface area contributed by atoms with Crippen molar-refractivity contribution in [1.29, 1.82) is 0 Å². The van der Waals surface area contributed by atoms with Crippen molar-refractivity contribution < 1.29 is 4.11 Å². The molecule has 3 nitrogen and oxygen atoms in total. The molecule has 0 atom stereocenters. The van der Waals surface area contributed by atoms with Crippen LogP contribution in [0.4, 0.5) is 51.2 Å². The van der Waals surface area contributed by atoms with Gasteiger partial charge >= 0.3 is 0 Å². The summed E-state index contributed by atoms with van der Waals surface area (Å²) in [6.45, 7) is 34.0. The van der Waals surface area contributed by atoms with Gasteiger partial charge in [-0.05, 0) is 185 Å². The first kappa shape index (κ1) is 50.4. The monoisotopic (exact) mass is 1060 g/mol. The molecule has 4 heteroatoms. The molecule has 0 amide bonds. The lowest BCUT2D eigenvalue weighted by Crippen LogP contribution is -2.62. The topological polar surface area (TPSA) is 9.72 Å². The Hall–Kier alpha value is -7.56. The lowest BCUT2D eigenvalue weighted by Gasteiger charge is -2.48. The maximum atomic E-state index is 9.35. The Labute approximate surface area is 490 Å². The first-order valence-electron chi connectivity index (χ1n) is 30.9. The number of aryl methyl sites for hydroxylation is 1. The first-order chi connectivity index (χ1) is 39.3. The van der Waals surface area contributed by atoms with Crippen LogP contribution in [-0.4, -0.2) is 6.71 Å². The van der Waals surface area contributed by atoms with Crippen molar-refractivity contribution in [2.24, 2.45) is 0 Å². The van der Waals surface area contributed by atoms with Crippen molar-refractivity contribution in [3.8, 4) is 11.1 Å². The molecule has 3 aliphatic rings. The van der Waals surface area contributed by atoms with Crippen LogP contribution in [0.1, 0.15) is 165 Å². The molecule has 0 fully saturated rings. The predicted octanol–water partition coefficient (Wildman–Crippen LogP) is 19.4. The van der Waals surface area contributed by atoms with Crippen LogP contribution in [-0.2, 0) is 32.5 Å². The predicted molar refractivity (Wildman–Crippen MR) is 351 cm³/mol. The minimum Gasteiger partial charge on any atom is -0.311 e. The summed E-state index contributed by atoms with van der Waals surface area (Å²) in [5.41, 5.74) is 24.1. The van der Waals surface area contributed by atoms with Gasteiger partial charge in [-0.25, -0.2) is 0 Å². The van der Waals surface area contributed by atoms with E-state index in [1.54, 1.807) is 0 Å². The summed E-state index contributed by atoms with van der Waals surface area (Å²) in [7, 11) is 0. The Morgan fingerprint density at radius 2 is 0.827 bits per heavy atom. The second kappa shape index (κ2) is 18.7. The van der Waals surface area contributed by atoms with Crippen LogP contribution in [0.25, 0.3) is 11.1 Å². The van der Waals surface area contributed by atoms with E-state index in [1.165, 1.54) is 50.0 Å². The molecule has 0 aromatic heterocycles. The highest BCUT2D eigenvalue weighted by Gasteiger charge is 2.48. The zero-order valence-corrected chi connectivity index (χ0v) is 50.8. The molecule has 0 radical (unpaired) electrons. The molecule has 12 rings (SSSR count). The molecular weight excluding hydrogens is 978 g/mol. The van der Waals surface area contributed by atoms with Gasteiger partial charge in [0, 0.05) is 66.0 Å². The summed E-state index contributed by atoms with van der Waals surface area (Å²) in [5, 5.41) is 0. The summed E-state index contributed by atoms with van der Waals surface area (Å²) in [6, 6.07) is 70.1.